The molecule has 0 saturated carbocycles. The van der Waals surface area contributed by atoms with Crippen LogP contribution in [0.5, 0.6) is 5.75 Å². The number of aliphatic imine (C=N–C) groups is 1. The lowest BCUT2D eigenvalue weighted by Gasteiger charge is -2.16. The molecule has 0 saturated heterocycles. The molecule has 0 aliphatic heterocycles. The summed E-state index contributed by atoms with van der Waals surface area (Å²) >= 11 is 0. The first-order valence-corrected chi connectivity index (χ1v) is 8.70. The number of carbonyl (C=O) groups is 1. The van der Waals surface area contributed by atoms with Gasteiger partial charge in [0.2, 0.25) is 5.91 Å². The maximum absolute atomic E-state index is 12.5. The number of alkyl halides is 3. The van der Waals surface area contributed by atoms with Gasteiger partial charge in [0.05, 0.1) is 18.4 Å². The molecule has 164 valence electrons. The highest BCUT2D eigenvalue weighted by molar-refractivity contribution is 14.0. The summed E-state index contributed by atoms with van der Waals surface area (Å²) in [6.45, 7) is 0.501. The van der Waals surface area contributed by atoms with Gasteiger partial charge in [-0.3, -0.25) is 14.8 Å². The average molecular weight is 537 g/mol. The molecule has 1 aromatic carbocycles. The van der Waals surface area contributed by atoms with Crippen molar-refractivity contribution >= 4 is 41.5 Å². The molecule has 30 heavy (non-hydrogen) atoms. The Morgan fingerprint density at radius 3 is 2.63 bits per heavy atom. The van der Waals surface area contributed by atoms with Crippen molar-refractivity contribution in [1.82, 2.24) is 15.6 Å². The second-order valence-electron chi connectivity index (χ2n) is 6.08. The van der Waals surface area contributed by atoms with Crippen LogP contribution in [0.3, 0.4) is 0 Å². The lowest BCUT2D eigenvalue weighted by atomic mass is 10.1. The Morgan fingerprint density at radius 2 is 2.00 bits per heavy atom. The van der Waals surface area contributed by atoms with E-state index in [1.54, 1.807) is 43.5 Å². The third kappa shape index (κ3) is 9.29. The van der Waals surface area contributed by atoms with Crippen molar-refractivity contribution in [2.24, 2.45) is 4.99 Å². The van der Waals surface area contributed by atoms with Gasteiger partial charge in [0, 0.05) is 25.4 Å². The SMILES string of the molecule is CN=C(NCC(=O)Nc1cccnc1)NCc1ccc(C)cc1OCC(F)(F)F.I. The quantitative estimate of drug-likeness (QED) is 0.287. The number of anilines is 1. The van der Waals surface area contributed by atoms with Crippen molar-refractivity contribution in [2.45, 2.75) is 19.6 Å². The molecule has 11 heteroatoms. The van der Waals surface area contributed by atoms with Gasteiger partial charge in [0.25, 0.3) is 0 Å². The number of rotatable bonds is 7. The van der Waals surface area contributed by atoms with E-state index in [-0.39, 0.29) is 48.7 Å². The van der Waals surface area contributed by atoms with Crippen molar-refractivity contribution < 1.29 is 22.7 Å². The van der Waals surface area contributed by atoms with Crippen molar-refractivity contribution in [1.29, 1.82) is 0 Å². The second kappa shape index (κ2) is 12.2. The fourth-order valence-corrected chi connectivity index (χ4v) is 2.31. The standard InChI is InChI=1S/C19H22F3N5O2.HI/c1-13-5-6-14(16(8-13)29-12-19(20,21)22)9-25-18(23-2)26-11-17(28)27-15-4-3-7-24-10-15;/h3-8,10H,9,11-12H2,1-2H3,(H,27,28)(H2,23,25,26);1H. The molecule has 0 atom stereocenters. The lowest BCUT2D eigenvalue weighted by molar-refractivity contribution is -0.153. The fraction of sp³-hybridized carbons (Fsp3) is 0.316. The van der Waals surface area contributed by atoms with Crippen LogP contribution >= 0.6 is 24.0 Å². The van der Waals surface area contributed by atoms with E-state index in [0.29, 0.717) is 17.2 Å². The van der Waals surface area contributed by atoms with E-state index in [9.17, 15) is 18.0 Å². The number of aromatic nitrogens is 1. The Hall–Kier alpha value is -2.57. The molecule has 1 aromatic heterocycles. The Balaban J connectivity index is 0.00000450. The smallest absolute Gasteiger partial charge is 0.422 e. The molecule has 0 bridgehead atoms. The summed E-state index contributed by atoms with van der Waals surface area (Å²) in [5.74, 6) is 0.152. The molecule has 0 unspecified atom stereocenters. The number of ether oxygens (including phenoxy) is 1. The van der Waals surface area contributed by atoms with E-state index in [0.717, 1.165) is 5.56 Å². The van der Waals surface area contributed by atoms with Crippen LogP contribution in [0.2, 0.25) is 0 Å². The molecule has 0 spiro atoms. The van der Waals surface area contributed by atoms with Crippen molar-refractivity contribution in [3.8, 4) is 5.75 Å². The summed E-state index contributed by atoms with van der Waals surface area (Å²) in [5.41, 5.74) is 1.87. The maximum Gasteiger partial charge on any atom is 0.422 e. The van der Waals surface area contributed by atoms with E-state index in [2.05, 4.69) is 25.9 Å². The molecule has 0 fully saturated rings. The van der Waals surface area contributed by atoms with Gasteiger partial charge in [0.15, 0.2) is 12.6 Å². The van der Waals surface area contributed by atoms with Gasteiger partial charge in [-0.15, -0.1) is 24.0 Å². The highest BCUT2D eigenvalue weighted by atomic mass is 127. The van der Waals surface area contributed by atoms with E-state index < -0.39 is 12.8 Å². The van der Waals surface area contributed by atoms with E-state index in [1.165, 1.54) is 13.2 Å². The Bertz CT molecular complexity index is 848. The minimum Gasteiger partial charge on any atom is -0.484 e. The predicted octanol–water partition coefficient (Wildman–Crippen LogP) is 3.25. The van der Waals surface area contributed by atoms with Crippen LogP contribution in [-0.2, 0) is 11.3 Å². The zero-order valence-corrected chi connectivity index (χ0v) is 18.7. The number of carbonyl (C=O) groups excluding carboxylic acids is 1. The molecule has 3 N–H and O–H groups in total. The number of benzene rings is 1. The van der Waals surface area contributed by atoms with Crippen LogP contribution in [0, 0.1) is 6.92 Å². The van der Waals surface area contributed by atoms with E-state index in [4.69, 9.17) is 4.74 Å². The Labute approximate surface area is 189 Å². The number of hydrogen-bond donors (Lipinski definition) is 3. The number of nitrogens with zero attached hydrogens (tertiary/aromatic N) is 2. The predicted molar refractivity (Wildman–Crippen MR) is 119 cm³/mol. The van der Waals surface area contributed by atoms with Crippen molar-refractivity contribution in [2.75, 3.05) is 25.5 Å². The van der Waals surface area contributed by atoms with Gasteiger partial charge in [-0.25, -0.2) is 0 Å². The van der Waals surface area contributed by atoms with Crippen LogP contribution < -0.4 is 20.7 Å². The van der Waals surface area contributed by atoms with Crippen LogP contribution in [0.15, 0.2) is 47.7 Å². The first-order chi connectivity index (χ1) is 13.8. The molecule has 2 rings (SSSR count). The van der Waals surface area contributed by atoms with Crippen LogP contribution in [0.4, 0.5) is 18.9 Å². The monoisotopic (exact) mass is 537 g/mol. The zero-order chi connectivity index (χ0) is 21.3. The summed E-state index contributed by atoms with van der Waals surface area (Å²) < 4.78 is 42.3. The van der Waals surface area contributed by atoms with Crippen LogP contribution in [0.25, 0.3) is 0 Å². The highest BCUT2D eigenvalue weighted by Crippen LogP contribution is 2.23. The molecular formula is C19H23F3IN5O2. The third-order valence-electron chi connectivity index (χ3n) is 3.65. The fourth-order valence-electron chi connectivity index (χ4n) is 2.31. The average Bonchev–Trinajstić information content (AvgIpc) is 2.67. The Morgan fingerprint density at radius 1 is 1.23 bits per heavy atom. The summed E-state index contributed by atoms with van der Waals surface area (Å²) in [6.07, 6.45) is -1.31. The molecular weight excluding hydrogens is 514 g/mol. The number of pyridine rings is 1. The van der Waals surface area contributed by atoms with Gasteiger partial charge >= 0.3 is 6.18 Å². The van der Waals surface area contributed by atoms with Crippen LogP contribution in [0.1, 0.15) is 11.1 Å². The first kappa shape index (κ1) is 25.5. The second-order valence-corrected chi connectivity index (χ2v) is 6.08. The number of nitrogens with one attached hydrogen (secondary N) is 3. The molecule has 1 amide bonds. The van der Waals surface area contributed by atoms with Gasteiger partial charge in [0.1, 0.15) is 5.75 Å². The van der Waals surface area contributed by atoms with E-state index in [1.807, 2.05) is 0 Å². The normalized spacial score (nSPS) is 11.3. The molecule has 1 heterocycles. The topological polar surface area (TPSA) is 87.6 Å². The van der Waals surface area contributed by atoms with Gasteiger partial charge in [-0.2, -0.15) is 13.2 Å². The highest BCUT2D eigenvalue weighted by Gasteiger charge is 2.28. The van der Waals surface area contributed by atoms with Crippen LogP contribution in [-0.4, -0.2) is 43.2 Å². The summed E-state index contributed by atoms with van der Waals surface area (Å²) in [7, 11) is 1.52. The minimum absolute atomic E-state index is 0. The summed E-state index contributed by atoms with van der Waals surface area (Å²) in [4.78, 5) is 19.9. The first-order valence-electron chi connectivity index (χ1n) is 8.70. The number of hydrogen-bond acceptors (Lipinski definition) is 4. The number of halogens is 4. The molecule has 7 nitrogen and oxygen atoms in total. The summed E-state index contributed by atoms with van der Waals surface area (Å²) in [6, 6.07) is 8.40. The van der Waals surface area contributed by atoms with Crippen molar-refractivity contribution in [3.63, 3.8) is 0 Å². The molecule has 0 aliphatic carbocycles. The summed E-state index contributed by atoms with van der Waals surface area (Å²) in [5, 5.41) is 8.45. The Kier molecular flexibility index (Phi) is 10.4. The van der Waals surface area contributed by atoms with Gasteiger partial charge in [-0.05, 0) is 30.7 Å². The van der Waals surface area contributed by atoms with E-state index >= 15 is 0 Å². The largest absolute Gasteiger partial charge is 0.484 e. The third-order valence-corrected chi connectivity index (χ3v) is 3.65. The minimum atomic E-state index is -4.42. The molecule has 0 aliphatic rings. The van der Waals surface area contributed by atoms with Gasteiger partial charge < -0.3 is 20.7 Å². The van der Waals surface area contributed by atoms with Gasteiger partial charge in [-0.1, -0.05) is 12.1 Å². The van der Waals surface area contributed by atoms with Crippen molar-refractivity contribution in [3.05, 3.63) is 53.9 Å². The molecule has 0 radical (unpaired) electrons. The number of guanidine groups is 1. The molecule has 2 aromatic rings. The number of aryl methyl sites for hydroxylation is 1. The zero-order valence-electron chi connectivity index (χ0n) is 16.4. The number of amides is 1. The maximum atomic E-state index is 12.5. The lowest BCUT2D eigenvalue weighted by Crippen LogP contribution is -2.41.